The maximum absolute atomic E-state index is 11.6. The van der Waals surface area contributed by atoms with Gasteiger partial charge >= 0.3 is 5.97 Å². The summed E-state index contributed by atoms with van der Waals surface area (Å²) in [7, 11) is 0. The van der Waals surface area contributed by atoms with Crippen LogP contribution in [0.15, 0.2) is 0 Å². The Kier molecular flexibility index (Phi) is 6.47. The molecule has 3 atom stereocenters. The Labute approximate surface area is 102 Å². The third-order valence-electron chi connectivity index (χ3n) is 2.72. The molecule has 1 heterocycles. The van der Waals surface area contributed by atoms with Gasteiger partial charge in [0.2, 0.25) is 6.29 Å². The van der Waals surface area contributed by atoms with Crippen LogP contribution in [0.3, 0.4) is 0 Å². The maximum Gasteiger partial charge on any atom is 0.311 e. The van der Waals surface area contributed by atoms with Gasteiger partial charge in [-0.2, -0.15) is 0 Å². The average Bonchev–Trinajstić information content (AvgIpc) is 3.11. The summed E-state index contributed by atoms with van der Waals surface area (Å²) in [6, 6.07) is 0. The fraction of sp³-hybridized carbons (Fsp3) is 0.917. The van der Waals surface area contributed by atoms with Gasteiger partial charge in [-0.1, -0.05) is 20.3 Å². The summed E-state index contributed by atoms with van der Waals surface area (Å²) in [5.74, 6) is -0.0130. The standard InChI is InChI=1S/C12H22O5/c1-4-10(7-16-15-5-2)6-9(3)12(13)17-11-8-14-11/h9-11H,4-8H2,1-3H3. The zero-order chi connectivity index (χ0) is 12.7. The van der Waals surface area contributed by atoms with Crippen LogP contribution in [-0.4, -0.2) is 32.1 Å². The normalized spacial score (nSPS) is 21.9. The molecule has 0 amide bonds. The smallest absolute Gasteiger partial charge is 0.311 e. The van der Waals surface area contributed by atoms with E-state index in [4.69, 9.17) is 19.2 Å². The molecule has 0 bridgehead atoms. The minimum absolute atomic E-state index is 0.130. The first-order valence-corrected chi connectivity index (χ1v) is 6.23. The zero-order valence-electron chi connectivity index (χ0n) is 10.8. The fourth-order valence-electron chi connectivity index (χ4n) is 1.53. The third kappa shape index (κ3) is 6.00. The van der Waals surface area contributed by atoms with Crippen molar-refractivity contribution in [3.05, 3.63) is 0 Å². The quantitative estimate of drug-likeness (QED) is 0.204. The molecule has 17 heavy (non-hydrogen) atoms. The van der Waals surface area contributed by atoms with Gasteiger partial charge in [0.05, 0.1) is 19.1 Å². The summed E-state index contributed by atoms with van der Waals surface area (Å²) in [4.78, 5) is 21.5. The first kappa shape index (κ1) is 14.4. The summed E-state index contributed by atoms with van der Waals surface area (Å²) in [6.45, 7) is 7.39. The number of hydrogen-bond acceptors (Lipinski definition) is 5. The van der Waals surface area contributed by atoms with Crippen LogP contribution in [0.4, 0.5) is 0 Å². The second-order valence-electron chi connectivity index (χ2n) is 4.30. The van der Waals surface area contributed by atoms with Crippen molar-refractivity contribution in [1.82, 2.24) is 0 Å². The highest BCUT2D eigenvalue weighted by Gasteiger charge is 2.30. The minimum atomic E-state index is -0.301. The molecular formula is C12H22O5. The lowest BCUT2D eigenvalue weighted by molar-refractivity contribution is -0.298. The highest BCUT2D eigenvalue weighted by molar-refractivity contribution is 5.72. The molecule has 0 radical (unpaired) electrons. The van der Waals surface area contributed by atoms with Crippen LogP contribution < -0.4 is 0 Å². The molecule has 3 unspecified atom stereocenters. The van der Waals surface area contributed by atoms with Gasteiger partial charge in [-0.3, -0.25) is 4.79 Å². The zero-order valence-corrected chi connectivity index (χ0v) is 10.8. The molecule has 0 saturated carbocycles. The number of esters is 1. The van der Waals surface area contributed by atoms with E-state index in [9.17, 15) is 4.79 Å². The molecule has 0 N–H and O–H groups in total. The van der Waals surface area contributed by atoms with Gasteiger partial charge in [0.1, 0.15) is 6.61 Å². The molecule has 1 saturated heterocycles. The average molecular weight is 246 g/mol. The van der Waals surface area contributed by atoms with Crippen molar-refractivity contribution in [2.24, 2.45) is 11.8 Å². The Hall–Kier alpha value is -0.650. The van der Waals surface area contributed by atoms with Crippen molar-refractivity contribution < 1.29 is 24.0 Å². The van der Waals surface area contributed by atoms with Crippen molar-refractivity contribution >= 4 is 5.97 Å². The topological polar surface area (TPSA) is 57.3 Å². The summed E-state index contributed by atoms with van der Waals surface area (Å²) in [5.41, 5.74) is 0. The predicted octanol–water partition coefficient (Wildman–Crippen LogP) is 1.91. The highest BCUT2D eigenvalue weighted by atomic mass is 17.2. The number of epoxide rings is 1. The van der Waals surface area contributed by atoms with Crippen molar-refractivity contribution in [3.63, 3.8) is 0 Å². The minimum Gasteiger partial charge on any atom is -0.433 e. The Morgan fingerprint density at radius 2 is 2.12 bits per heavy atom. The van der Waals surface area contributed by atoms with E-state index in [1.165, 1.54) is 0 Å². The predicted molar refractivity (Wildman–Crippen MR) is 61.0 cm³/mol. The molecule has 100 valence electrons. The van der Waals surface area contributed by atoms with E-state index in [1.54, 1.807) is 0 Å². The van der Waals surface area contributed by atoms with E-state index in [0.29, 0.717) is 25.7 Å². The molecule has 0 aromatic rings. The van der Waals surface area contributed by atoms with Gasteiger partial charge in [0, 0.05) is 0 Å². The highest BCUT2D eigenvalue weighted by Crippen LogP contribution is 2.20. The molecule has 0 aliphatic carbocycles. The van der Waals surface area contributed by atoms with Crippen LogP contribution in [0.2, 0.25) is 0 Å². The lowest BCUT2D eigenvalue weighted by atomic mass is 9.94. The maximum atomic E-state index is 11.6. The molecular weight excluding hydrogens is 224 g/mol. The summed E-state index contributed by atoms with van der Waals surface area (Å²) in [6.07, 6.45) is 1.39. The van der Waals surface area contributed by atoms with Gasteiger partial charge in [0.25, 0.3) is 0 Å². The van der Waals surface area contributed by atoms with E-state index in [2.05, 4.69) is 6.92 Å². The second-order valence-corrected chi connectivity index (χ2v) is 4.30. The SMILES string of the molecule is CCOOCC(CC)CC(C)C(=O)OC1CO1. The third-order valence-corrected chi connectivity index (χ3v) is 2.72. The van der Waals surface area contributed by atoms with Crippen molar-refractivity contribution in [2.75, 3.05) is 19.8 Å². The van der Waals surface area contributed by atoms with Gasteiger partial charge in [0.15, 0.2) is 0 Å². The summed E-state index contributed by atoms with van der Waals surface area (Å²) in [5, 5.41) is 0. The lowest BCUT2D eigenvalue weighted by Crippen LogP contribution is -2.21. The van der Waals surface area contributed by atoms with E-state index in [-0.39, 0.29) is 18.2 Å². The Morgan fingerprint density at radius 1 is 1.41 bits per heavy atom. The monoisotopic (exact) mass is 246 g/mol. The second kappa shape index (κ2) is 7.63. The Morgan fingerprint density at radius 3 is 2.65 bits per heavy atom. The molecule has 5 nitrogen and oxygen atoms in total. The molecule has 1 rings (SSSR count). The Balaban J connectivity index is 2.20. The molecule has 1 aliphatic rings. The van der Waals surface area contributed by atoms with Crippen LogP contribution >= 0.6 is 0 Å². The summed E-state index contributed by atoms with van der Waals surface area (Å²) < 4.78 is 9.91. The van der Waals surface area contributed by atoms with Crippen LogP contribution in [0.1, 0.15) is 33.6 Å². The molecule has 0 spiro atoms. The molecule has 0 aromatic carbocycles. The molecule has 1 aliphatic heterocycles. The fourth-order valence-corrected chi connectivity index (χ4v) is 1.53. The van der Waals surface area contributed by atoms with Crippen LogP contribution in [0, 0.1) is 11.8 Å². The van der Waals surface area contributed by atoms with Crippen molar-refractivity contribution in [3.8, 4) is 0 Å². The van der Waals surface area contributed by atoms with Crippen molar-refractivity contribution in [1.29, 1.82) is 0 Å². The van der Waals surface area contributed by atoms with Gasteiger partial charge in [-0.25, -0.2) is 9.78 Å². The Bertz CT molecular complexity index is 227. The first-order valence-electron chi connectivity index (χ1n) is 6.23. The van der Waals surface area contributed by atoms with E-state index in [1.807, 2.05) is 13.8 Å². The molecule has 1 fully saturated rings. The van der Waals surface area contributed by atoms with Crippen LogP contribution in [0.25, 0.3) is 0 Å². The van der Waals surface area contributed by atoms with Crippen LogP contribution in [0.5, 0.6) is 0 Å². The molecule has 0 aromatic heterocycles. The van der Waals surface area contributed by atoms with Crippen molar-refractivity contribution in [2.45, 2.75) is 39.9 Å². The number of carbonyl (C=O) groups excluding carboxylic acids is 1. The van der Waals surface area contributed by atoms with E-state index >= 15 is 0 Å². The van der Waals surface area contributed by atoms with Crippen LogP contribution in [-0.2, 0) is 24.0 Å². The van der Waals surface area contributed by atoms with E-state index in [0.717, 1.165) is 12.8 Å². The van der Waals surface area contributed by atoms with Gasteiger partial charge in [-0.15, -0.1) is 0 Å². The lowest BCUT2D eigenvalue weighted by Gasteiger charge is -2.17. The number of ether oxygens (including phenoxy) is 2. The first-order chi connectivity index (χ1) is 8.17. The van der Waals surface area contributed by atoms with Gasteiger partial charge in [-0.05, 0) is 19.3 Å². The number of carbonyl (C=O) groups is 1. The number of rotatable bonds is 9. The van der Waals surface area contributed by atoms with Gasteiger partial charge < -0.3 is 9.47 Å². The largest absolute Gasteiger partial charge is 0.433 e. The van der Waals surface area contributed by atoms with E-state index < -0.39 is 0 Å². The molecule has 5 heteroatoms. The number of hydrogen-bond donors (Lipinski definition) is 0. The summed E-state index contributed by atoms with van der Waals surface area (Å²) >= 11 is 0.